The Morgan fingerprint density at radius 1 is 1.24 bits per heavy atom. The molecule has 25 heavy (non-hydrogen) atoms. The number of aryl methyl sites for hydroxylation is 1. The van der Waals surface area contributed by atoms with Crippen LogP contribution in [0.25, 0.3) is 0 Å². The van der Waals surface area contributed by atoms with E-state index in [1.165, 1.54) is 0 Å². The molecule has 1 amide bonds. The number of rotatable bonds is 3. The number of ether oxygens (including phenoxy) is 1. The molecule has 8 heteroatoms. The molecule has 2 aliphatic rings. The number of carbonyl (C=O) groups is 1. The summed E-state index contributed by atoms with van der Waals surface area (Å²) in [4.78, 5) is 14.6. The highest BCUT2D eigenvalue weighted by Crippen LogP contribution is 2.28. The summed E-state index contributed by atoms with van der Waals surface area (Å²) in [6.45, 7) is 5.29. The fourth-order valence-corrected chi connectivity index (χ4v) is 3.30. The third kappa shape index (κ3) is 3.06. The Labute approximate surface area is 145 Å². The smallest absolute Gasteiger partial charge is 0.276 e. The van der Waals surface area contributed by atoms with Gasteiger partial charge in [-0.1, -0.05) is 19.0 Å². The minimum atomic E-state index is -0.402. The van der Waals surface area contributed by atoms with Gasteiger partial charge in [-0.2, -0.15) is 0 Å². The van der Waals surface area contributed by atoms with E-state index in [0.29, 0.717) is 37.2 Å². The lowest BCUT2D eigenvalue weighted by Crippen LogP contribution is -2.42. The van der Waals surface area contributed by atoms with E-state index in [-0.39, 0.29) is 11.8 Å². The van der Waals surface area contributed by atoms with E-state index in [2.05, 4.69) is 15.4 Å². The van der Waals surface area contributed by atoms with Crippen molar-refractivity contribution < 1.29 is 18.5 Å². The molecule has 1 fully saturated rings. The summed E-state index contributed by atoms with van der Waals surface area (Å²) in [6, 6.07) is 0. The number of amides is 1. The Bertz CT molecular complexity index is 767. The van der Waals surface area contributed by atoms with Crippen molar-refractivity contribution in [1.82, 2.24) is 20.3 Å². The maximum atomic E-state index is 12.9. The van der Waals surface area contributed by atoms with Gasteiger partial charge in [0, 0.05) is 24.4 Å². The predicted octanol–water partition coefficient (Wildman–Crippen LogP) is 2.27. The number of fused-ring (bicyclic) bond motifs is 1. The van der Waals surface area contributed by atoms with Crippen LogP contribution in [-0.2, 0) is 17.6 Å². The Balaban J connectivity index is 1.50. The van der Waals surface area contributed by atoms with E-state index in [0.717, 1.165) is 37.0 Å². The summed E-state index contributed by atoms with van der Waals surface area (Å²) in [5.41, 5.74) is 1.42. The van der Waals surface area contributed by atoms with Gasteiger partial charge in [0.1, 0.15) is 5.76 Å². The van der Waals surface area contributed by atoms with Crippen LogP contribution in [0.1, 0.15) is 72.3 Å². The van der Waals surface area contributed by atoms with Crippen molar-refractivity contribution in [2.45, 2.75) is 51.6 Å². The van der Waals surface area contributed by atoms with Crippen LogP contribution in [-0.4, -0.2) is 45.9 Å². The highest BCUT2D eigenvalue weighted by Gasteiger charge is 2.33. The Morgan fingerprint density at radius 2 is 2.08 bits per heavy atom. The second-order valence-corrected chi connectivity index (χ2v) is 6.88. The molecule has 4 rings (SSSR count). The molecule has 8 nitrogen and oxygen atoms in total. The Morgan fingerprint density at radius 3 is 2.88 bits per heavy atom. The summed E-state index contributed by atoms with van der Waals surface area (Å²) >= 11 is 0. The molecule has 2 aromatic heterocycles. The highest BCUT2D eigenvalue weighted by atomic mass is 16.5. The molecule has 1 aliphatic heterocycles. The number of hydrogen-bond donors (Lipinski definition) is 0. The van der Waals surface area contributed by atoms with E-state index in [9.17, 15) is 4.79 Å². The van der Waals surface area contributed by atoms with Gasteiger partial charge in [0.2, 0.25) is 11.8 Å². The van der Waals surface area contributed by atoms with Gasteiger partial charge in [0.05, 0.1) is 13.2 Å². The van der Waals surface area contributed by atoms with E-state index in [1.54, 1.807) is 4.90 Å². The molecule has 0 unspecified atom stereocenters. The van der Waals surface area contributed by atoms with Crippen LogP contribution in [0.3, 0.4) is 0 Å². The largest absolute Gasteiger partial charge is 0.422 e. The second-order valence-electron chi connectivity index (χ2n) is 6.88. The summed E-state index contributed by atoms with van der Waals surface area (Å²) in [7, 11) is 0. The zero-order valence-electron chi connectivity index (χ0n) is 14.5. The number of hydrogen-bond acceptors (Lipinski definition) is 7. The molecule has 2 aromatic rings. The van der Waals surface area contributed by atoms with Gasteiger partial charge < -0.3 is 18.6 Å². The maximum absolute atomic E-state index is 12.9. The molecule has 134 valence electrons. The standard InChI is InChI=1S/C17H22N4O4/c1-10(2)15-18-19-16(24-15)13-9-21(7-8-23-13)17(22)14-11-5-3-4-6-12(11)25-20-14/h10,13H,3-9H2,1-2H3/t13-/m0/s1. The van der Waals surface area contributed by atoms with Crippen molar-refractivity contribution in [1.29, 1.82) is 0 Å². The summed E-state index contributed by atoms with van der Waals surface area (Å²) in [5, 5.41) is 12.2. The molecule has 0 aromatic carbocycles. The summed E-state index contributed by atoms with van der Waals surface area (Å²) < 4.78 is 16.8. The molecule has 0 saturated carbocycles. The monoisotopic (exact) mass is 346 g/mol. The van der Waals surface area contributed by atoms with Crippen molar-refractivity contribution >= 4 is 5.91 Å². The molecule has 1 saturated heterocycles. The summed E-state index contributed by atoms with van der Waals surface area (Å²) in [6.07, 6.45) is 3.47. The van der Waals surface area contributed by atoms with Crippen LogP contribution in [0.5, 0.6) is 0 Å². The van der Waals surface area contributed by atoms with Gasteiger partial charge in [-0.25, -0.2) is 0 Å². The fraction of sp³-hybridized carbons (Fsp3) is 0.647. The van der Waals surface area contributed by atoms with Crippen molar-refractivity contribution in [3.63, 3.8) is 0 Å². The van der Waals surface area contributed by atoms with Crippen LogP contribution in [0.4, 0.5) is 0 Å². The van der Waals surface area contributed by atoms with Crippen molar-refractivity contribution in [3.05, 3.63) is 28.8 Å². The van der Waals surface area contributed by atoms with Gasteiger partial charge >= 0.3 is 0 Å². The third-order valence-corrected chi connectivity index (χ3v) is 4.73. The van der Waals surface area contributed by atoms with Crippen molar-refractivity contribution in [2.75, 3.05) is 19.7 Å². The molecule has 1 aliphatic carbocycles. The maximum Gasteiger partial charge on any atom is 0.276 e. The van der Waals surface area contributed by atoms with E-state index in [1.807, 2.05) is 13.8 Å². The van der Waals surface area contributed by atoms with Crippen molar-refractivity contribution in [2.24, 2.45) is 0 Å². The molecular weight excluding hydrogens is 324 g/mol. The molecule has 0 radical (unpaired) electrons. The Hall–Kier alpha value is -2.22. The lowest BCUT2D eigenvalue weighted by Gasteiger charge is -2.31. The van der Waals surface area contributed by atoms with Crippen molar-refractivity contribution in [3.8, 4) is 0 Å². The molecule has 0 spiro atoms. The Kier molecular flexibility index (Phi) is 4.29. The fourth-order valence-electron chi connectivity index (χ4n) is 3.30. The predicted molar refractivity (Wildman–Crippen MR) is 86.1 cm³/mol. The van der Waals surface area contributed by atoms with Crippen LogP contribution >= 0.6 is 0 Å². The summed E-state index contributed by atoms with van der Waals surface area (Å²) in [5.74, 6) is 1.90. The molecule has 1 atom stereocenters. The SMILES string of the molecule is CC(C)c1nnc([C@@H]2CN(C(=O)c3noc4c3CCCC4)CCO2)o1. The average Bonchev–Trinajstić information content (AvgIpc) is 3.28. The van der Waals surface area contributed by atoms with Crippen LogP contribution in [0, 0.1) is 0 Å². The van der Waals surface area contributed by atoms with E-state index in [4.69, 9.17) is 13.7 Å². The van der Waals surface area contributed by atoms with Crippen LogP contribution < -0.4 is 0 Å². The number of carbonyl (C=O) groups excluding carboxylic acids is 1. The van der Waals surface area contributed by atoms with E-state index >= 15 is 0 Å². The number of nitrogens with zero attached hydrogens (tertiary/aromatic N) is 4. The number of morpholine rings is 1. The van der Waals surface area contributed by atoms with E-state index < -0.39 is 6.10 Å². The van der Waals surface area contributed by atoms with Gasteiger partial charge in [0.15, 0.2) is 11.8 Å². The van der Waals surface area contributed by atoms with Crippen LogP contribution in [0.2, 0.25) is 0 Å². The lowest BCUT2D eigenvalue weighted by molar-refractivity contribution is -0.0354. The molecule has 0 bridgehead atoms. The van der Waals surface area contributed by atoms with Gasteiger partial charge in [0.25, 0.3) is 5.91 Å². The van der Waals surface area contributed by atoms with Gasteiger partial charge in [-0.15, -0.1) is 10.2 Å². The van der Waals surface area contributed by atoms with Gasteiger partial charge in [-0.3, -0.25) is 4.79 Å². The topological polar surface area (TPSA) is 94.5 Å². The first-order valence-corrected chi connectivity index (χ1v) is 8.85. The normalized spacial score (nSPS) is 20.8. The molecule has 3 heterocycles. The highest BCUT2D eigenvalue weighted by molar-refractivity contribution is 5.94. The number of aromatic nitrogens is 3. The third-order valence-electron chi connectivity index (χ3n) is 4.73. The first-order chi connectivity index (χ1) is 12.1. The molecular formula is C17H22N4O4. The average molecular weight is 346 g/mol. The first-order valence-electron chi connectivity index (χ1n) is 8.85. The quantitative estimate of drug-likeness (QED) is 0.841. The zero-order chi connectivity index (χ0) is 17.4. The minimum Gasteiger partial charge on any atom is -0.422 e. The zero-order valence-corrected chi connectivity index (χ0v) is 14.5. The lowest BCUT2D eigenvalue weighted by atomic mass is 9.96. The van der Waals surface area contributed by atoms with Gasteiger partial charge in [-0.05, 0) is 19.3 Å². The first kappa shape index (κ1) is 16.3. The van der Waals surface area contributed by atoms with Crippen LogP contribution in [0.15, 0.2) is 8.94 Å². The molecule has 0 N–H and O–H groups in total. The minimum absolute atomic E-state index is 0.108. The second kappa shape index (κ2) is 6.59.